The van der Waals surface area contributed by atoms with E-state index in [1.54, 1.807) is 6.92 Å². The molecule has 1 rings (SSSR count). The smallest absolute Gasteiger partial charge is 0.256 e. The van der Waals surface area contributed by atoms with Crippen molar-refractivity contribution in [2.24, 2.45) is 10.9 Å². The maximum absolute atomic E-state index is 13.7. The molecule has 0 radical (unpaired) electrons. The lowest BCUT2D eigenvalue weighted by Crippen LogP contribution is -2.38. The number of hydrogen-bond donors (Lipinski definition) is 2. The number of carbonyl (C=O) groups is 1. The van der Waals surface area contributed by atoms with Crippen LogP contribution in [-0.2, 0) is 0 Å². The van der Waals surface area contributed by atoms with E-state index < -0.39 is 23.6 Å². The summed E-state index contributed by atoms with van der Waals surface area (Å²) in [5.41, 5.74) is 5.34. The maximum atomic E-state index is 13.7. The molecule has 0 aromatic heterocycles. The predicted molar refractivity (Wildman–Crippen MR) is 70.7 cm³/mol. The van der Waals surface area contributed by atoms with Crippen LogP contribution in [0.3, 0.4) is 0 Å². The summed E-state index contributed by atoms with van der Waals surface area (Å²) < 4.78 is 26.8. The quantitative estimate of drug-likeness (QED) is 0.383. The standard InChI is InChI=1S/C13H17F2N3O2/c1-7-4-9(11(15)6-10(7)14)13(19)18(3)8(2)5-12(16)17-20/h4,6,8,20H,5H2,1-3H3,(H2,16,17). The van der Waals surface area contributed by atoms with Crippen molar-refractivity contribution in [2.45, 2.75) is 26.3 Å². The summed E-state index contributed by atoms with van der Waals surface area (Å²) in [6, 6.07) is 1.45. The Kier molecular flexibility index (Phi) is 5.01. The largest absolute Gasteiger partial charge is 0.409 e. The Morgan fingerprint density at radius 2 is 2.05 bits per heavy atom. The Bertz CT molecular complexity index is 547. The summed E-state index contributed by atoms with van der Waals surface area (Å²) in [5, 5.41) is 11.3. The van der Waals surface area contributed by atoms with Gasteiger partial charge in [-0.05, 0) is 25.5 Å². The third-order valence-corrected chi connectivity index (χ3v) is 3.09. The maximum Gasteiger partial charge on any atom is 0.256 e. The van der Waals surface area contributed by atoms with Gasteiger partial charge in [0.15, 0.2) is 0 Å². The van der Waals surface area contributed by atoms with Crippen LogP contribution in [-0.4, -0.2) is 34.9 Å². The molecule has 7 heteroatoms. The first-order chi connectivity index (χ1) is 9.27. The van der Waals surface area contributed by atoms with Crippen LogP contribution in [0.1, 0.15) is 29.3 Å². The number of nitrogens with two attached hydrogens (primary N) is 1. The SMILES string of the molecule is Cc1cc(C(=O)N(C)C(C)C/C(N)=N/O)c(F)cc1F. The minimum absolute atomic E-state index is 0.0343. The number of oxime groups is 1. The minimum atomic E-state index is -0.916. The average Bonchev–Trinajstić information content (AvgIpc) is 2.40. The zero-order valence-corrected chi connectivity index (χ0v) is 11.5. The van der Waals surface area contributed by atoms with Gasteiger partial charge in [0.05, 0.1) is 5.56 Å². The highest BCUT2D eigenvalue weighted by atomic mass is 19.1. The Balaban J connectivity index is 2.97. The van der Waals surface area contributed by atoms with Crippen LogP contribution in [0.2, 0.25) is 0 Å². The van der Waals surface area contributed by atoms with Gasteiger partial charge in [-0.1, -0.05) is 5.16 Å². The van der Waals surface area contributed by atoms with Crippen molar-refractivity contribution in [3.05, 3.63) is 34.9 Å². The van der Waals surface area contributed by atoms with Gasteiger partial charge in [-0.25, -0.2) is 8.78 Å². The second-order valence-electron chi connectivity index (χ2n) is 4.64. The van der Waals surface area contributed by atoms with Gasteiger partial charge < -0.3 is 15.8 Å². The highest BCUT2D eigenvalue weighted by Crippen LogP contribution is 2.17. The third kappa shape index (κ3) is 3.43. The van der Waals surface area contributed by atoms with Crippen LogP contribution >= 0.6 is 0 Å². The summed E-state index contributed by atoms with van der Waals surface area (Å²) in [5.74, 6) is -2.25. The monoisotopic (exact) mass is 285 g/mol. The molecule has 0 aliphatic rings. The lowest BCUT2D eigenvalue weighted by atomic mass is 10.1. The number of nitrogens with zero attached hydrogens (tertiary/aromatic N) is 2. The highest BCUT2D eigenvalue weighted by Gasteiger charge is 2.22. The molecule has 0 fully saturated rings. The highest BCUT2D eigenvalue weighted by molar-refractivity contribution is 5.95. The van der Waals surface area contributed by atoms with Crippen LogP contribution in [0.25, 0.3) is 0 Å². The number of carbonyl (C=O) groups excluding carboxylic acids is 1. The normalized spacial score (nSPS) is 13.2. The van der Waals surface area contributed by atoms with E-state index in [1.165, 1.54) is 24.9 Å². The summed E-state index contributed by atoms with van der Waals surface area (Å²) in [4.78, 5) is 13.4. The molecule has 0 saturated carbocycles. The number of halogens is 2. The van der Waals surface area contributed by atoms with Crippen LogP contribution in [0, 0.1) is 18.6 Å². The van der Waals surface area contributed by atoms with Gasteiger partial charge in [0.1, 0.15) is 17.5 Å². The van der Waals surface area contributed by atoms with Gasteiger partial charge >= 0.3 is 0 Å². The molecule has 0 aliphatic carbocycles. The molecule has 20 heavy (non-hydrogen) atoms. The fourth-order valence-electron chi connectivity index (χ4n) is 1.69. The summed E-state index contributed by atoms with van der Waals surface area (Å²) in [7, 11) is 1.47. The third-order valence-electron chi connectivity index (χ3n) is 3.09. The number of benzene rings is 1. The molecule has 0 bridgehead atoms. The molecule has 0 saturated heterocycles. The lowest BCUT2D eigenvalue weighted by Gasteiger charge is -2.25. The van der Waals surface area contributed by atoms with Gasteiger partial charge in [0, 0.05) is 25.6 Å². The second-order valence-corrected chi connectivity index (χ2v) is 4.64. The number of aryl methyl sites for hydroxylation is 1. The van der Waals surface area contributed by atoms with Crippen molar-refractivity contribution in [1.29, 1.82) is 0 Å². The van der Waals surface area contributed by atoms with Gasteiger partial charge in [-0.3, -0.25) is 4.79 Å². The molecule has 0 aliphatic heterocycles. The number of amidine groups is 1. The van der Waals surface area contributed by atoms with Gasteiger partial charge in [0.2, 0.25) is 0 Å². The molecule has 0 spiro atoms. The molecular weight excluding hydrogens is 268 g/mol. The lowest BCUT2D eigenvalue weighted by molar-refractivity contribution is 0.0742. The molecule has 0 heterocycles. The predicted octanol–water partition coefficient (Wildman–Crippen LogP) is 1.87. The van der Waals surface area contributed by atoms with Crippen molar-refractivity contribution in [1.82, 2.24) is 4.90 Å². The fourth-order valence-corrected chi connectivity index (χ4v) is 1.69. The van der Waals surface area contributed by atoms with Gasteiger partial charge in [0.25, 0.3) is 5.91 Å². The minimum Gasteiger partial charge on any atom is -0.409 e. The van der Waals surface area contributed by atoms with Crippen molar-refractivity contribution >= 4 is 11.7 Å². The first kappa shape index (κ1) is 15.9. The van der Waals surface area contributed by atoms with E-state index in [0.717, 1.165) is 0 Å². The van der Waals surface area contributed by atoms with E-state index in [0.29, 0.717) is 6.07 Å². The zero-order valence-electron chi connectivity index (χ0n) is 11.5. The molecule has 1 unspecified atom stereocenters. The van der Waals surface area contributed by atoms with Crippen LogP contribution < -0.4 is 5.73 Å². The zero-order chi connectivity index (χ0) is 15.4. The number of amides is 1. The van der Waals surface area contributed by atoms with E-state index in [-0.39, 0.29) is 23.4 Å². The topological polar surface area (TPSA) is 78.9 Å². The number of hydrogen-bond acceptors (Lipinski definition) is 3. The average molecular weight is 285 g/mol. The first-order valence-electron chi connectivity index (χ1n) is 5.97. The van der Waals surface area contributed by atoms with Crippen molar-refractivity contribution < 1.29 is 18.8 Å². The Labute approximate surface area is 115 Å². The second kappa shape index (κ2) is 6.31. The molecule has 1 amide bonds. The molecule has 110 valence electrons. The molecular formula is C13H17F2N3O2. The Hall–Kier alpha value is -2.18. The molecule has 1 aromatic rings. The van der Waals surface area contributed by atoms with E-state index in [2.05, 4.69) is 5.16 Å². The molecule has 3 N–H and O–H groups in total. The fraction of sp³-hybridized carbons (Fsp3) is 0.385. The van der Waals surface area contributed by atoms with Crippen LogP contribution in [0.5, 0.6) is 0 Å². The van der Waals surface area contributed by atoms with E-state index in [9.17, 15) is 13.6 Å². The van der Waals surface area contributed by atoms with Crippen molar-refractivity contribution in [2.75, 3.05) is 7.05 Å². The molecule has 5 nitrogen and oxygen atoms in total. The van der Waals surface area contributed by atoms with Crippen molar-refractivity contribution in [3.63, 3.8) is 0 Å². The summed E-state index contributed by atoms with van der Waals surface area (Å²) in [6.45, 7) is 3.12. The van der Waals surface area contributed by atoms with E-state index >= 15 is 0 Å². The Morgan fingerprint density at radius 1 is 1.45 bits per heavy atom. The van der Waals surface area contributed by atoms with Gasteiger partial charge in [-0.15, -0.1) is 0 Å². The van der Waals surface area contributed by atoms with Crippen LogP contribution in [0.15, 0.2) is 17.3 Å². The van der Waals surface area contributed by atoms with Crippen LogP contribution in [0.4, 0.5) is 8.78 Å². The van der Waals surface area contributed by atoms with E-state index in [4.69, 9.17) is 10.9 Å². The summed E-state index contributed by atoms with van der Waals surface area (Å²) >= 11 is 0. The first-order valence-corrected chi connectivity index (χ1v) is 5.97. The van der Waals surface area contributed by atoms with Crippen molar-refractivity contribution in [3.8, 4) is 0 Å². The number of rotatable bonds is 4. The molecule has 1 atom stereocenters. The Morgan fingerprint density at radius 3 is 2.60 bits per heavy atom. The molecule has 1 aromatic carbocycles. The summed E-state index contributed by atoms with van der Waals surface area (Å²) in [6.07, 6.45) is 0.139. The van der Waals surface area contributed by atoms with Gasteiger partial charge in [-0.2, -0.15) is 0 Å². The van der Waals surface area contributed by atoms with E-state index in [1.807, 2.05) is 0 Å².